The minimum Gasteiger partial charge on any atom is -0.454 e. The van der Waals surface area contributed by atoms with Gasteiger partial charge in [-0.2, -0.15) is 0 Å². The van der Waals surface area contributed by atoms with Gasteiger partial charge in [0, 0.05) is 11.8 Å². The van der Waals surface area contributed by atoms with Crippen molar-refractivity contribution < 1.29 is 19.1 Å². The lowest BCUT2D eigenvalue weighted by atomic mass is 9.97. The average molecular weight is 417 g/mol. The molecule has 1 heterocycles. The highest BCUT2D eigenvalue weighted by Crippen LogP contribution is 2.29. The van der Waals surface area contributed by atoms with Crippen LogP contribution in [0.4, 0.5) is 0 Å². The van der Waals surface area contributed by atoms with E-state index in [0.29, 0.717) is 17.0 Å². The van der Waals surface area contributed by atoms with Crippen LogP contribution in [0.1, 0.15) is 31.8 Å². The number of hydrogen-bond acceptors (Lipinski definition) is 5. The highest BCUT2D eigenvalue weighted by molar-refractivity contribution is 7.14. The zero-order valence-corrected chi connectivity index (χ0v) is 17.1. The standard InChI is InChI=1S/C24H19NO4S/c1-15(26)25-13-18-10-11-22(30-18)21(27)14-29-24(28)23-19-8-4-2-6-16(19)12-17-7-3-5-9-20(17)23/h2-12H,13-14H2,1H3,(H,25,26). The lowest BCUT2D eigenvalue weighted by Crippen LogP contribution is -2.18. The summed E-state index contributed by atoms with van der Waals surface area (Å²) >= 11 is 1.28. The quantitative estimate of drug-likeness (QED) is 0.280. The summed E-state index contributed by atoms with van der Waals surface area (Å²) in [4.78, 5) is 37.9. The Hall–Kier alpha value is -3.51. The lowest BCUT2D eigenvalue weighted by Gasteiger charge is -2.11. The summed E-state index contributed by atoms with van der Waals surface area (Å²) in [7, 11) is 0. The molecule has 0 bridgehead atoms. The van der Waals surface area contributed by atoms with Gasteiger partial charge in [-0.1, -0.05) is 48.5 Å². The molecule has 6 heteroatoms. The van der Waals surface area contributed by atoms with E-state index in [-0.39, 0.29) is 18.3 Å². The highest BCUT2D eigenvalue weighted by atomic mass is 32.1. The molecule has 1 aromatic heterocycles. The fourth-order valence-corrected chi connectivity index (χ4v) is 4.21. The van der Waals surface area contributed by atoms with Crippen LogP contribution in [0.25, 0.3) is 21.5 Å². The van der Waals surface area contributed by atoms with Crippen LogP contribution in [0.5, 0.6) is 0 Å². The van der Waals surface area contributed by atoms with E-state index in [2.05, 4.69) is 5.32 Å². The molecule has 150 valence electrons. The Morgan fingerprint density at radius 3 is 2.17 bits per heavy atom. The van der Waals surface area contributed by atoms with Crippen molar-refractivity contribution in [1.29, 1.82) is 0 Å². The van der Waals surface area contributed by atoms with Gasteiger partial charge in [0.2, 0.25) is 11.7 Å². The van der Waals surface area contributed by atoms with E-state index in [1.807, 2.05) is 54.6 Å². The van der Waals surface area contributed by atoms with Gasteiger partial charge in [-0.25, -0.2) is 4.79 Å². The van der Waals surface area contributed by atoms with E-state index < -0.39 is 5.97 Å². The first kappa shape index (κ1) is 19.8. The smallest absolute Gasteiger partial charge is 0.339 e. The van der Waals surface area contributed by atoms with Gasteiger partial charge in [-0.05, 0) is 39.7 Å². The van der Waals surface area contributed by atoms with Crippen molar-refractivity contribution >= 4 is 50.5 Å². The third kappa shape index (κ3) is 4.09. The van der Waals surface area contributed by atoms with Gasteiger partial charge in [-0.15, -0.1) is 11.3 Å². The molecule has 4 aromatic rings. The molecule has 4 rings (SSSR count). The maximum atomic E-state index is 13.0. The number of ether oxygens (including phenoxy) is 1. The first-order valence-electron chi connectivity index (χ1n) is 9.47. The summed E-state index contributed by atoms with van der Waals surface area (Å²) in [6.45, 7) is 1.47. The molecule has 30 heavy (non-hydrogen) atoms. The minimum absolute atomic E-state index is 0.132. The second kappa shape index (κ2) is 8.47. The third-order valence-corrected chi connectivity index (χ3v) is 5.88. The fraction of sp³-hybridized carbons (Fsp3) is 0.125. The zero-order chi connectivity index (χ0) is 21.1. The van der Waals surface area contributed by atoms with E-state index in [1.54, 1.807) is 12.1 Å². The molecule has 0 aliphatic rings. The molecular formula is C24H19NO4S. The number of Topliss-reactive ketones (excluding diaryl/α,β-unsaturated/α-hetero) is 1. The van der Waals surface area contributed by atoms with Crippen molar-refractivity contribution in [1.82, 2.24) is 5.32 Å². The Kier molecular flexibility index (Phi) is 5.59. The Morgan fingerprint density at radius 1 is 0.900 bits per heavy atom. The molecular weight excluding hydrogens is 398 g/mol. The second-order valence-corrected chi connectivity index (χ2v) is 8.04. The predicted octanol–water partition coefficient (Wildman–Crippen LogP) is 4.73. The van der Waals surface area contributed by atoms with Crippen LogP contribution in [0.3, 0.4) is 0 Å². The summed E-state index contributed by atoms with van der Waals surface area (Å²) in [6.07, 6.45) is 0. The van der Waals surface area contributed by atoms with Gasteiger partial charge in [0.25, 0.3) is 0 Å². The highest BCUT2D eigenvalue weighted by Gasteiger charge is 2.18. The molecule has 0 radical (unpaired) electrons. The minimum atomic E-state index is -0.522. The maximum absolute atomic E-state index is 13.0. The molecule has 0 atom stereocenters. The summed E-state index contributed by atoms with van der Waals surface area (Å²) in [5.74, 6) is -0.925. The molecule has 1 amide bonds. The lowest BCUT2D eigenvalue weighted by molar-refractivity contribution is -0.119. The second-order valence-electron chi connectivity index (χ2n) is 6.87. The van der Waals surface area contributed by atoms with Crippen LogP contribution in [0.15, 0.2) is 66.7 Å². The average Bonchev–Trinajstić information content (AvgIpc) is 3.23. The van der Waals surface area contributed by atoms with E-state index >= 15 is 0 Å². The molecule has 5 nitrogen and oxygen atoms in total. The first-order chi connectivity index (χ1) is 14.5. The van der Waals surface area contributed by atoms with Crippen LogP contribution in [-0.4, -0.2) is 24.3 Å². The SMILES string of the molecule is CC(=O)NCc1ccc(C(=O)COC(=O)c2c3ccccc3cc3ccccc23)s1. The van der Waals surface area contributed by atoms with E-state index in [4.69, 9.17) is 4.74 Å². The normalized spacial score (nSPS) is 10.8. The number of fused-ring (bicyclic) bond motifs is 2. The first-order valence-corrected chi connectivity index (χ1v) is 10.3. The number of thiophene rings is 1. The number of ketones is 1. The van der Waals surface area contributed by atoms with Gasteiger partial charge in [0.05, 0.1) is 17.0 Å². The number of esters is 1. The molecule has 0 fully saturated rings. The molecule has 0 saturated carbocycles. The molecule has 0 aliphatic carbocycles. The van der Waals surface area contributed by atoms with Crippen molar-refractivity contribution in [2.45, 2.75) is 13.5 Å². The zero-order valence-electron chi connectivity index (χ0n) is 16.3. The van der Waals surface area contributed by atoms with Crippen molar-refractivity contribution in [2.75, 3.05) is 6.61 Å². The van der Waals surface area contributed by atoms with Crippen molar-refractivity contribution in [3.63, 3.8) is 0 Å². The van der Waals surface area contributed by atoms with Gasteiger partial charge in [0.1, 0.15) is 0 Å². The fourth-order valence-electron chi connectivity index (χ4n) is 3.34. The molecule has 0 unspecified atom stereocenters. The molecule has 0 saturated heterocycles. The van der Waals surface area contributed by atoms with E-state index in [1.165, 1.54) is 18.3 Å². The molecule has 3 aromatic carbocycles. The van der Waals surface area contributed by atoms with Gasteiger partial charge < -0.3 is 10.1 Å². The molecule has 0 spiro atoms. The van der Waals surface area contributed by atoms with Crippen LogP contribution >= 0.6 is 11.3 Å². The Bertz CT molecular complexity index is 1220. The number of nitrogens with one attached hydrogen (secondary N) is 1. The van der Waals surface area contributed by atoms with Gasteiger partial charge >= 0.3 is 5.97 Å². The Balaban J connectivity index is 1.55. The topological polar surface area (TPSA) is 72.5 Å². The van der Waals surface area contributed by atoms with Gasteiger partial charge in [0.15, 0.2) is 6.61 Å². The van der Waals surface area contributed by atoms with E-state index in [9.17, 15) is 14.4 Å². The summed E-state index contributed by atoms with van der Waals surface area (Å²) in [5, 5.41) is 6.16. The van der Waals surface area contributed by atoms with Crippen LogP contribution in [0.2, 0.25) is 0 Å². The van der Waals surface area contributed by atoms with Crippen LogP contribution in [0, 0.1) is 0 Å². The van der Waals surface area contributed by atoms with Crippen molar-refractivity contribution in [3.05, 3.63) is 82.0 Å². The van der Waals surface area contributed by atoms with Gasteiger partial charge in [-0.3, -0.25) is 9.59 Å². The molecule has 0 aliphatic heterocycles. The number of rotatable bonds is 6. The maximum Gasteiger partial charge on any atom is 0.339 e. The van der Waals surface area contributed by atoms with Crippen molar-refractivity contribution in [2.24, 2.45) is 0 Å². The van der Waals surface area contributed by atoms with E-state index in [0.717, 1.165) is 26.4 Å². The largest absolute Gasteiger partial charge is 0.454 e. The van der Waals surface area contributed by atoms with Crippen molar-refractivity contribution in [3.8, 4) is 0 Å². The summed E-state index contributed by atoms with van der Waals surface area (Å²) in [5.41, 5.74) is 0.467. The number of carbonyl (C=O) groups is 3. The number of carbonyl (C=O) groups excluding carboxylic acids is 3. The Labute approximate surface area is 177 Å². The van der Waals surface area contributed by atoms with Crippen LogP contribution in [-0.2, 0) is 16.1 Å². The third-order valence-electron chi connectivity index (χ3n) is 4.76. The Morgan fingerprint density at radius 2 is 1.53 bits per heavy atom. The summed E-state index contributed by atoms with van der Waals surface area (Å²) < 4.78 is 5.42. The number of hydrogen-bond donors (Lipinski definition) is 1. The monoisotopic (exact) mass is 417 g/mol. The number of benzene rings is 3. The summed E-state index contributed by atoms with van der Waals surface area (Å²) in [6, 6.07) is 20.8. The predicted molar refractivity (Wildman–Crippen MR) is 118 cm³/mol. The molecule has 1 N–H and O–H groups in total. The number of amides is 1. The van der Waals surface area contributed by atoms with Crippen LogP contribution < -0.4 is 5.32 Å².